The number of rotatable bonds is 22. The fraction of sp³-hybridized carbons (Fsp3) is 0.333. The van der Waals surface area contributed by atoms with E-state index in [1.54, 1.807) is 24.3 Å². The average molecular weight is 837 g/mol. The molecule has 58 heavy (non-hydrogen) atoms. The molecule has 0 unspecified atom stereocenters. The van der Waals surface area contributed by atoms with Gasteiger partial charge in [0, 0.05) is 61.8 Å². The van der Waals surface area contributed by atoms with E-state index in [0.717, 1.165) is 11.4 Å². The Morgan fingerprint density at radius 1 is 0.603 bits per heavy atom. The van der Waals surface area contributed by atoms with Crippen LogP contribution in [-0.2, 0) is 19.1 Å². The SMILES string of the molecule is CCN(CCOC(=O)CCN(C)CCC(=O)OCCN(CC)c1ccc(N=Nc2ccc([N+](=O)[O-])cc2Cl)cc1)c1ccc(N=Nc2ccc([N+](=O)[O-])cc2Cl)cc1. The summed E-state index contributed by atoms with van der Waals surface area (Å²) in [5, 5.41) is 38.6. The van der Waals surface area contributed by atoms with Crippen molar-refractivity contribution >= 4 is 80.6 Å². The van der Waals surface area contributed by atoms with Crippen LogP contribution in [0.1, 0.15) is 26.7 Å². The lowest BCUT2D eigenvalue weighted by atomic mass is 10.2. The second-order valence-corrected chi connectivity index (χ2v) is 13.4. The number of likely N-dealkylation sites (N-methyl/N-ethyl adjacent to an activating group) is 2. The van der Waals surface area contributed by atoms with Gasteiger partial charge in [0.2, 0.25) is 0 Å². The Morgan fingerprint density at radius 3 is 1.31 bits per heavy atom. The number of halogens is 2. The normalized spacial score (nSPS) is 11.3. The molecule has 0 amide bonds. The molecule has 0 aliphatic heterocycles. The third-order valence-electron chi connectivity index (χ3n) is 8.67. The van der Waals surface area contributed by atoms with Crippen LogP contribution in [0.2, 0.25) is 10.0 Å². The van der Waals surface area contributed by atoms with Crippen molar-refractivity contribution < 1.29 is 28.9 Å². The number of non-ortho nitro benzene ring substituents is 2. The van der Waals surface area contributed by atoms with Gasteiger partial charge in [-0.15, -0.1) is 10.2 Å². The first kappa shape index (κ1) is 44.7. The van der Waals surface area contributed by atoms with Gasteiger partial charge in [0.1, 0.15) is 24.6 Å². The molecule has 0 N–H and O–H groups in total. The zero-order valence-electron chi connectivity index (χ0n) is 32.2. The molecule has 0 bridgehead atoms. The Morgan fingerprint density at radius 2 is 0.983 bits per heavy atom. The van der Waals surface area contributed by atoms with E-state index in [1.807, 2.05) is 59.9 Å². The maximum absolute atomic E-state index is 12.4. The molecular weight excluding hydrogens is 793 g/mol. The number of nitro benzene ring substituents is 2. The van der Waals surface area contributed by atoms with E-state index < -0.39 is 9.85 Å². The summed E-state index contributed by atoms with van der Waals surface area (Å²) in [6, 6.07) is 22.5. The molecule has 0 radical (unpaired) electrons. The van der Waals surface area contributed by atoms with Crippen LogP contribution in [0.5, 0.6) is 0 Å². The molecule has 0 spiro atoms. The summed E-state index contributed by atoms with van der Waals surface area (Å²) in [6.45, 7) is 7.56. The van der Waals surface area contributed by atoms with Gasteiger partial charge in [0.05, 0.1) is 57.2 Å². The van der Waals surface area contributed by atoms with Crippen LogP contribution in [0.4, 0.5) is 45.5 Å². The quantitative estimate of drug-likeness (QED) is 0.0316. The van der Waals surface area contributed by atoms with Crippen molar-refractivity contribution in [3.63, 3.8) is 0 Å². The molecule has 0 aromatic heterocycles. The Hall–Kier alpha value is -6.04. The summed E-state index contributed by atoms with van der Waals surface area (Å²) < 4.78 is 10.9. The summed E-state index contributed by atoms with van der Waals surface area (Å²) in [4.78, 5) is 51.6. The number of hydrogen-bond acceptors (Lipinski definition) is 15. The predicted octanol–water partition coefficient (Wildman–Crippen LogP) is 9.79. The summed E-state index contributed by atoms with van der Waals surface area (Å²) >= 11 is 12.2. The van der Waals surface area contributed by atoms with E-state index in [9.17, 15) is 29.8 Å². The van der Waals surface area contributed by atoms with Crippen LogP contribution in [0.25, 0.3) is 0 Å². The first-order chi connectivity index (χ1) is 27.9. The Kier molecular flexibility index (Phi) is 17.4. The van der Waals surface area contributed by atoms with E-state index in [4.69, 9.17) is 32.7 Å². The molecule has 0 aliphatic carbocycles. The molecule has 4 aromatic rings. The summed E-state index contributed by atoms with van der Waals surface area (Å²) in [5.74, 6) is -0.674. The molecule has 0 aliphatic rings. The zero-order chi connectivity index (χ0) is 42.0. The Labute approximate surface area is 345 Å². The van der Waals surface area contributed by atoms with E-state index in [-0.39, 0.29) is 59.4 Å². The number of hydrogen-bond donors (Lipinski definition) is 0. The lowest BCUT2D eigenvalue weighted by molar-refractivity contribution is -0.385. The van der Waals surface area contributed by atoms with E-state index in [2.05, 4.69) is 20.5 Å². The van der Waals surface area contributed by atoms with Crippen LogP contribution in [0, 0.1) is 20.2 Å². The van der Waals surface area contributed by atoms with Gasteiger partial charge in [-0.3, -0.25) is 29.8 Å². The van der Waals surface area contributed by atoms with Gasteiger partial charge in [0.15, 0.2) is 0 Å². The van der Waals surface area contributed by atoms with E-state index >= 15 is 0 Å². The first-order valence-corrected chi connectivity index (χ1v) is 19.0. The highest BCUT2D eigenvalue weighted by Crippen LogP contribution is 2.32. The number of azo groups is 2. The predicted molar refractivity (Wildman–Crippen MR) is 222 cm³/mol. The fourth-order valence-electron chi connectivity index (χ4n) is 5.36. The van der Waals surface area contributed by atoms with E-state index in [1.165, 1.54) is 36.4 Å². The molecule has 0 atom stereocenters. The van der Waals surface area contributed by atoms with Crippen molar-refractivity contribution in [2.75, 3.05) is 69.3 Å². The highest BCUT2D eigenvalue weighted by molar-refractivity contribution is 6.33. The second kappa shape index (κ2) is 22.6. The standard InChI is InChI=1S/C39H43Cl2N9O8/c1-4-47(30-10-6-28(7-11-30)42-44-36-16-14-32(49(53)54)26-34(36)40)22-24-57-38(51)18-20-46(3)21-19-39(52)58-25-23-48(5-2)31-12-8-29(9-13-31)43-45-37-17-15-33(50(55)56)27-35(37)41/h6-17,26-27H,4-5,18-25H2,1-3H3. The number of esters is 2. The Bertz CT molecular complexity index is 1940. The summed E-state index contributed by atoms with van der Waals surface area (Å²) in [7, 11) is 1.83. The number of benzene rings is 4. The highest BCUT2D eigenvalue weighted by Gasteiger charge is 2.13. The van der Waals surface area contributed by atoms with Gasteiger partial charge in [-0.1, -0.05) is 23.2 Å². The van der Waals surface area contributed by atoms with Crippen LogP contribution in [0.15, 0.2) is 105 Å². The highest BCUT2D eigenvalue weighted by atomic mass is 35.5. The van der Waals surface area contributed by atoms with Gasteiger partial charge in [-0.05, 0) is 81.6 Å². The molecule has 4 rings (SSSR count). The number of carbonyl (C=O) groups excluding carboxylic acids is 2. The average Bonchev–Trinajstić information content (AvgIpc) is 3.22. The smallest absolute Gasteiger partial charge is 0.307 e. The third kappa shape index (κ3) is 14.2. The molecule has 0 saturated heterocycles. The van der Waals surface area contributed by atoms with Crippen molar-refractivity contribution in [1.29, 1.82) is 0 Å². The summed E-state index contributed by atoms with van der Waals surface area (Å²) in [6.07, 6.45) is 0.346. The van der Waals surface area contributed by atoms with Crippen molar-refractivity contribution in [3.8, 4) is 0 Å². The number of ether oxygens (including phenoxy) is 2. The molecule has 17 nitrogen and oxygen atoms in total. The van der Waals surface area contributed by atoms with Gasteiger partial charge in [-0.2, -0.15) is 10.2 Å². The van der Waals surface area contributed by atoms with Crippen LogP contribution < -0.4 is 9.80 Å². The first-order valence-electron chi connectivity index (χ1n) is 18.3. The van der Waals surface area contributed by atoms with Gasteiger partial charge < -0.3 is 24.2 Å². The van der Waals surface area contributed by atoms with Crippen molar-refractivity contribution in [1.82, 2.24) is 4.90 Å². The number of nitro groups is 2. The molecule has 306 valence electrons. The maximum Gasteiger partial charge on any atom is 0.307 e. The molecular formula is C39H43Cl2N9O8. The van der Waals surface area contributed by atoms with E-state index in [0.29, 0.717) is 62.0 Å². The maximum atomic E-state index is 12.4. The number of carbonyl (C=O) groups is 2. The topological polar surface area (TPSA) is 198 Å². The number of nitrogens with zero attached hydrogens (tertiary/aromatic N) is 9. The van der Waals surface area contributed by atoms with Gasteiger partial charge >= 0.3 is 11.9 Å². The zero-order valence-corrected chi connectivity index (χ0v) is 33.7. The molecule has 4 aromatic carbocycles. The monoisotopic (exact) mass is 835 g/mol. The summed E-state index contributed by atoms with van der Waals surface area (Å²) in [5.41, 5.74) is 3.31. The largest absolute Gasteiger partial charge is 0.464 e. The van der Waals surface area contributed by atoms with Gasteiger partial charge in [0.25, 0.3) is 11.4 Å². The minimum absolute atomic E-state index is 0.126. The van der Waals surface area contributed by atoms with Gasteiger partial charge in [-0.25, -0.2) is 0 Å². The lowest BCUT2D eigenvalue weighted by Crippen LogP contribution is -2.30. The van der Waals surface area contributed by atoms with Crippen LogP contribution in [0.3, 0.4) is 0 Å². The van der Waals surface area contributed by atoms with Crippen LogP contribution >= 0.6 is 23.2 Å². The van der Waals surface area contributed by atoms with Crippen LogP contribution in [-0.4, -0.2) is 86.2 Å². The fourth-order valence-corrected chi connectivity index (χ4v) is 5.79. The third-order valence-corrected chi connectivity index (χ3v) is 9.27. The minimum atomic E-state index is -0.534. The Balaban J connectivity index is 1.10. The number of anilines is 2. The van der Waals surface area contributed by atoms with Crippen molar-refractivity contribution in [3.05, 3.63) is 115 Å². The lowest BCUT2D eigenvalue weighted by Gasteiger charge is -2.23. The molecule has 0 saturated carbocycles. The minimum Gasteiger partial charge on any atom is -0.464 e. The van der Waals surface area contributed by atoms with Crippen molar-refractivity contribution in [2.24, 2.45) is 20.5 Å². The molecule has 0 fully saturated rings. The molecule has 19 heteroatoms. The van der Waals surface area contributed by atoms with Crippen molar-refractivity contribution in [2.45, 2.75) is 26.7 Å². The second-order valence-electron chi connectivity index (χ2n) is 12.6. The molecule has 0 heterocycles.